The Bertz CT molecular complexity index is 258. The van der Waals surface area contributed by atoms with Crippen molar-refractivity contribution in [3.63, 3.8) is 0 Å². The quantitative estimate of drug-likeness (QED) is 0.551. The summed E-state index contributed by atoms with van der Waals surface area (Å²) >= 11 is 0. The number of nitrogens with two attached hydrogens (primary N) is 1. The molecule has 0 spiro atoms. The molecule has 0 aromatic heterocycles. The van der Waals surface area contributed by atoms with Gasteiger partial charge in [0.1, 0.15) is 0 Å². The molecule has 0 unspecified atom stereocenters. The summed E-state index contributed by atoms with van der Waals surface area (Å²) in [5.74, 6) is -0.552. The third-order valence-electron chi connectivity index (χ3n) is 2.71. The summed E-state index contributed by atoms with van der Waals surface area (Å²) in [6.45, 7) is 0.882. The van der Waals surface area contributed by atoms with E-state index in [1.165, 1.54) is 12.8 Å². The summed E-state index contributed by atoms with van der Waals surface area (Å²) in [6, 6.07) is 0. The Morgan fingerprint density at radius 1 is 1.17 bits per heavy atom. The van der Waals surface area contributed by atoms with Gasteiger partial charge in [-0.05, 0) is 12.8 Å². The molecule has 4 N–H and O–H groups in total. The van der Waals surface area contributed by atoms with Crippen LogP contribution in [0.4, 0.5) is 0 Å². The van der Waals surface area contributed by atoms with E-state index in [-0.39, 0.29) is 37.3 Å². The number of nitrogens with one attached hydrogen (secondary N) is 2. The second-order valence-electron chi connectivity index (χ2n) is 4.11. The lowest BCUT2D eigenvalue weighted by atomic mass is 10.3. The van der Waals surface area contributed by atoms with Crippen LogP contribution in [0.5, 0.6) is 0 Å². The summed E-state index contributed by atoms with van der Waals surface area (Å²) in [6.07, 6.45) is 5.09. The lowest BCUT2D eigenvalue weighted by molar-refractivity contribution is -0.125. The van der Waals surface area contributed by atoms with Gasteiger partial charge in [-0.15, -0.1) is 12.4 Å². The zero-order chi connectivity index (χ0) is 12.5. The highest BCUT2D eigenvalue weighted by atomic mass is 35.5. The molecule has 0 aromatic rings. The van der Waals surface area contributed by atoms with Crippen molar-refractivity contribution in [3.05, 3.63) is 0 Å². The van der Waals surface area contributed by atoms with Crippen molar-refractivity contribution >= 4 is 24.2 Å². The summed E-state index contributed by atoms with van der Waals surface area (Å²) in [4.78, 5) is 22.0. The predicted molar refractivity (Wildman–Crippen MR) is 70.5 cm³/mol. The fourth-order valence-corrected chi connectivity index (χ4v) is 1.78. The molecule has 0 heterocycles. The van der Waals surface area contributed by atoms with Gasteiger partial charge in [0.25, 0.3) is 0 Å². The van der Waals surface area contributed by atoms with Crippen LogP contribution in [0.3, 0.4) is 0 Å². The Hall–Kier alpha value is -0.850. The van der Waals surface area contributed by atoms with E-state index in [9.17, 15) is 9.59 Å². The van der Waals surface area contributed by atoms with E-state index in [2.05, 4.69) is 10.6 Å². The first-order valence-corrected chi connectivity index (χ1v) is 6.07. The van der Waals surface area contributed by atoms with Gasteiger partial charge in [0.05, 0.1) is 25.8 Å². The van der Waals surface area contributed by atoms with Gasteiger partial charge in [0.2, 0.25) is 11.8 Å². The molecule has 106 valence electrons. The minimum Gasteiger partial charge on any atom is -0.376 e. The molecule has 1 saturated carbocycles. The van der Waals surface area contributed by atoms with E-state index in [0.717, 1.165) is 12.8 Å². The topological polar surface area (TPSA) is 93.5 Å². The SMILES string of the molecule is Cl.NCC(=O)NCC(=O)NCCOC1CCCC1. The molecule has 1 rings (SSSR count). The van der Waals surface area contributed by atoms with Gasteiger partial charge in [-0.3, -0.25) is 9.59 Å². The van der Waals surface area contributed by atoms with Crippen LogP contribution < -0.4 is 16.4 Å². The molecular formula is C11H22ClN3O3. The lowest BCUT2D eigenvalue weighted by Crippen LogP contribution is -2.40. The van der Waals surface area contributed by atoms with Gasteiger partial charge in [-0.1, -0.05) is 12.8 Å². The van der Waals surface area contributed by atoms with E-state index in [1.54, 1.807) is 0 Å². The van der Waals surface area contributed by atoms with Crippen molar-refractivity contribution in [2.45, 2.75) is 31.8 Å². The Morgan fingerprint density at radius 2 is 1.83 bits per heavy atom. The van der Waals surface area contributed by atoms with Gasteiger partial charge in [-0.25, -0.2) is 0 Å². The minimum absolute atomic E-state index is 0. The maximum absolute atomic E-state index is 11.2. The molecule has 0 bridgehead atoms. The average Bonchev–Trinajstić information content (AvgIpc) is 2.84. The van der Waals surface area contributed by atoms with E-state index < -0.39 is 0 Å². The normalized spacial score (nSPS) is 14.9. The van der Waals surface area contributed by atoms with Crippen LogP contribution in [0.2, 0.25) is 0 Å². The van der Waals surface area contributed by atoms with Gasteiger partial charge in [-0.2, -0.15) is 0 Å². The van der Waals surface area contributed by atoms with Crippen LogP contribution >= 0.6 is 12.4 Å². The zero-order valence-corrected chi connectivity index (χ0v) is 11.3. The molecule has 0 atom stereocenters. The molecule has 0 saturated heterocycles. The fourth-order valence-electron chi connectivity index (χ4n) is 1.78. The van der Waals surface area contributed by atoms with Crippen LogP contribution in [0.25, 0.3) is 0 Å². The van der Waals surface area contributed by atoms with Crippen molar-refractivity contribution in [1.82, 2.24) is 10.6 Å². The number of carbonyl (C=O) groups is 2. The zero-order valence-electron chi connectivity index (χ0n) is 10.4. The van der Waals surface area contributed by atoms with Crippen LogP contribution in [0.15, 0.2) is 0 Å². The molecule has 6 nitrogen and oxygen atoms in total. The summed E-state index contributed by atoms with van der Waals surface area (Å²) in [5.41, 5.74) is 5.09. The maximum Gasteiger partial charge on any atom is 0.239 e. The first kappa shape index (κ1) is 17.2. The molecule has 1 aliphatic carbocycles. The number of hydrogen-bond acceptors (Lipinski definition) is 4. The van der Waals surface area contributed by atoms with E-state index in [1.807, 2.05) is 0 Å². The first-order chi connectivity index (χ1) is 8.22. The Morgan fingerprint density at radius 3 is 2.44 bits per heavy atom. The number of rotatable bonds is 7. The lowest BCUT2D eigenvalue weighted by Gasteiger charge is -2.11. The van der Waals surface area contributed by atoms with Gasteiger partial charge < -0.3 is 21.1 Å². The second-order valence-corrected chi connectivity index (χ2v) is 4.11. The molecule has 1 fully saturated rings. The molecule has 2 amide bonds. The Kier molecular flexibility index (Phi) is 9.63. The smallest absolute Gasteiger partial charge is 0.239 e. The van der Waals surface area contributed by atoms with E-state index >= 15 is 0 Å². The van der Waals surface area contributed by atoms with E-state index in [0.29, 0.717) is 19.3 Å². The number of halogens is 1. The Balaban J connectivity index is 0.00000289. The Labute approximate surface area is 113 Å². The van der Waals surface area contributed by atoms with Gasteiger partial charge in [0, 0.05) is 6.54 Å². The predicted octanol–water partition coefficient (Wildman–Crippen LogP) is -0.441. The standard InChI is InChI=1S/C11H21N3O3.ClH/c12-7-10(15)14-8-11(16)13-5-6-17-9-3-1-2-4-9;/h9H,1-8,12H2,(H,13,16)(H,14,15);1H. The molecule has 0 radical (unpaired) electrons. The van der Waals surface area contributed by atoms with Crippen molar-refractivity contribution in [1.29, 1.82) is 0 Å². The third-order valence-corrected chi connectivity index (χ3v) is 2.71. The summed E-state index contributed by atoms with van der Waals surface area (Å²) in [5, 5.41) is 5.06. The minimum atomic E-state index is -0.331. The summed E-state index contributed by atoms with van der Waals surface area (Å²) < 4.78 is 5.58. The average molecular weight is 280 g/mol. The molecule has 18 heavy (non-hydrogen) atoms. The maximum atomic E-state index is 11.2. The first-order valence-electron chi connectivity index (χ1n) is 6.07. The van der Waals surface area contributed by atoms with Gasteiger partial charge in [0.15, 0.2) is 0 Å². The van der Waals surface area contributed by atoms with Crippen molar-refractivity contribution in [2.24, 2.45) is 5.73 Å². The van der Waals surface area contributed by atoms with Crippen molar-refractivity contribution < 1.29 is 14.3 Å². The van der Waals surface area contributed by atoms with Crippen molar-refractivity contribution in [3.8, 4) is 0 Å². The van der Waals surface area contributed by atoms with Crippen LogP contribution in [0.1, 0.15) is 25.7 Å². The number of hydrogen-bond donors (Lipinski definition) is 3. The fraction of sp³-hybridized carbons (Fsp3) is 0.818. The number of amides is 2. The highest BCUT2D eigenvalue weighted by Crippen LogP contribution is 2.20. The van der Waals surface area contributed by atoms with E-state index in [4.69, 9.17) is 10.5 Å². The number of carbonyl (C=O) groups excluding carboxylic acids is 2. The largest absolute Gasteiger partial charge is 0.376 e. The molecule has 7 heteroatoms. The summed E-state index contributed by atoms with van der Waals surface area (Å²) in [7, 11) is 0. The van der Waals surface area contributed by atoms with Crippen LogP contribution in [-0.4, -0.2) is 44.2 Å². The molecule has 0 aromatic carbocycles. The highest BCUT2D eigenvalue weighted by molar-refractivity contribution is 5.85. The molecule has 1 aliphatic rings. The monoisotopic (exact) mass is 279 g/mol. The highest BCUT2D eigenvalue weighted by Gasteiger charge is 2.14. The second kappa shape index (κ2) is 10.1. The van der Waals surface area contributed by atoms with Crippen molar-refractivity contribution in [2.75, 3.05) is 26.2 Å². The molecule has 0 aliphatic heterocycles. The van der Waals surface area contributed by atoms with Gasteiger partial charge >= 0.3 is 0 Å². The molecular weight excluding hydrogens is 258 g/mol. The van der Waals surface area contributed by atoms with Crippen LogP contribution in [-0.2, 0) is 14.3 Å². The third kappa shape index (κ3) is 7.47. The van der Waals surface area contributed by atoms with Crippen LogP contribution in [0, 0.1) is 0 Å². The number of ether oxygens (including phenoxy) is 1.